The van der Waals surface area contributed by atoms with Gasteiger partial charge in [0.15, 0.2) is 0 Å². The summed E-state index contributed by atoms with van der Waals surface area (Å²) in [5.41, 5.74) is 8.59. The Kier molecular flexibility index (Phi) is 7.22. The maximum absolute atomic E-state index is 6.08. The Hall–Kier alpha value is -1.04. The predicted octanol–water partition coefficient (Wildman–Crippen LogP) is 4.14. The van der Waals surface area contributed by atoms with Crippen molar-refractivity contribution in [3.8, 4) is 0 Å². The van der Waals surface area contributed by atoms with Crippen molar-refractivity contribution < 1.29 is 4.42 Å². The third-order valence-corrected chi connectivity index (χ3v) is 4.34. The van der Waals surface area contributed by atoms with Crippen LogP contribution in [0.3, 0.4) is 0 Å². The fourth-order valence-corrected chi connectivity index (χ4v) is 2.47. The second-order valence-corrected chi connectivity index (χ2v) is 6.02. The molecule has 0 bridgehead atoms. The van der Waals surface area contributed by atoms with Gasteiger partial charge >= 0.3 is 0 Å². The molecule has 0 spiro atoms. The van der Waals surface area contributed by atoms with E-state index in [2.05, 4.69) is 55.2 Å². The summed E-state index contributed by atoms with van der Waals surface area (Å²) in [4.78, 5) is 0. The van der Waals surface area contributed by atoms with E-state index in [1.807, 2.05) is 0 Å². The lowest BCUT2D eigenvalue weighted by molar-refractivity contribution is 0.333. The van der Waals surface area contributed by atoms with Gasteiger partial charge in [0.1, 0.15) is 0 Å². The molecular formula is C15H22ClN3OS. The Morgan fingerprint density at radius 3 is 2.52 bits per heavy atom. The molecule has 0 aliphatic rings. The van der Waals surface area contributed by atoms with Gasteiger partial charge in [-0.3, -0.25) is 0 Å². The summed E-state index contributed by atoms with van der Waals surface area (Å²) in [7, 11) is 0. The lowest BCUT2D eigenvalue weighted by atomic mass is 10.0. The van der Waals surface area contributed by atoms with Gasteiger partial charge < -0.3 is 10.2 Å². The highest BCUT2D eigenvalue weighted by molar-refractivity contribution is 7.98. The summed E-state index contributed by atoms with van der Waals surface area (Å²) in [5.74, 6) is 1.69. The van der Waals surface area contributed by atoms with Crippen molar-refractivity contribution in [1.82, 2.24) is 10.2 Å². The topological polar surface area (TPSA) is 64.9 Å². The molecule has 2 rings (SSSR count). The van der Waals surface area contributed by atoms with Gasteiger partial charge in [-0.25, -0.2) is 0 Å². The number of aryl methyl sites for hydroxylation is 1. The lowest BCUT2D eigenvalue weighted by Gasteiger charge is -2.13. The van der Waals surface area contributed by atoms with E-state index < -0.39 is 0 Å². The summed E-state index contributed by atoms with van der Waals surface area (Å²) < 4.78 is 5.63. The number of rotatable bonds is 6. The molecule has 116 valence electrons. The summed E-state index contributed by atoms with van der Waals surface area (Å²) in [6.45, 7) is 6.28. The molecule has 0 radical (unpaired) electrons. The molecule has 0 saturated heterocycles. The average molecular weight is 328 g/mol. The van der Waals surface area contributed by atoms with Crippen molar-refractivity contribution in [2.75, 3.05) is 0 Å². The van der Waals surface area contributed by atoms with Gasteiger partial charge in [-0.15, -0.1) is 22.6 Å². The van der Waals surface area contributed by atoms with E-state index >= 15 is 0 Å². The van der Waals surface area contributed by atoms with Gasteiger partial charge in [-0.1, -0.05) is 61.9 Å². The first-order valence-electron chi connectivity index (χ1n) is 6.87. The van der Waals surface area contributed by atoms with Crippen LogP contribution in [0.1, 0.15) is 43.3 Å². The fourth-order valence-electron chi connectivity index (χ4n) is 1.74. The normalized spacial score (nSPS) is 13.5. The molecule has 2 atom stereocenters. The van der Waals surface area contributed by atoms with Gasteiger partial charge in [0.2, 0.25) is 5.89 Å². The van der Waals surface area contributed by atoms with Crippen molar-refractivity contribution in [1.29, 1.82) is 0 Å². The van der Waals surface area contributed by atoms with Gasteiger partial charge in [0, 0.05) is 5.75 Å². The quantitative estimate of drug-likeness (QED) is 0.808. The third kappa shape index (κ3) is 5.02. The van der Waals surface area contributed by atoms with Crippen molar-refractivity contribution in [2.45, 2.75) is 44.2 Å². The zero-order valence-electron chi connectivity index (χ0n) is 12.6. The smallest absolute Gasteiger partial charge is 0.276 e. The molecule has 0 saturated carbocycles. The van der Waals surface area contributed by atoms with E-state index in [-0.39, 0.29) is 18.4 Å². The van der Waals surface area contributed by atoms with Crippen molar-refractivity contribution in [3.63, 3.8) is 0 Å². The molecule has 2 unspecified atom stereocenters. The molecule has 6 heteroatoms. The van der Waals surface area contributed by atoms with Crippen LogP contribution >= 0.6 is 24.2 Å². The van der Waals surface area contributed by atoms with Crippen LogP contribution in [0, 0.1) is 12.8 Å². The third-order valence-electron chi connectivity index (χ3n) is 3.45. The van der Waals surface area contributed by atoms with Gasteiger partial charge in [0.25, 0.3) is 5.22 Å². The number of nitrogens with zero attached hydrogens (tertiary/aromatic N) is 2. The fraction of sp³-hybridized carbons (Fsp3) is 0.467. The van der Waals surface area contributed by atoms with Gasteiger partial charge in [0.05, 0.1) is 6.04 Å². The van der Waals surface area contributed by atoms with Crippen molar-refractivity contribution in [3.05, 3.63) is 41.3 Å². The number of aromatic nitrogens is 2. The van der Waals surface area contributed by atoms with E-state index in [1.165, 1.54) is 11.1 Å². The molecule has 0 amide bonds. The Balaban J connectivity index is 0.00000220. The summed E-state index contributed by atoms with van der Waals surface area (Å²) in [6.07, 6.45) is 0.995. The number of hydrogen-bond acceptors (Lipinski definition) is 5. The monoisotopic (exact) mass is 327 g/mol. The molecule has 0 aliphatic carbocycles. The van der Waals surface area contributed by atoms with Gasteiger partial charge in [-0.2, -0.15) is 0 Å². The maximum Gasteiger partial charge on any atom is 0.276 e. The van der Waals surface area contributed by atoms with E-state index in [1.54, 1.807) is 11.8 Å². The molecule has 21 heavy (non-hydrogen) atoms. The molecule has 0 fully saturated rings. The number of hydrogen-bond donors (Lipinski definition) is 1. The van der Waals surface area contributed by atoms with E-state index in [0.29, 0.717) is 17.0 Å². The van der Waals surface area contributed by atoms with Crippen LogP contribution in [0.4, 0.5) is 0 Å². The zero-order valence-corrected chi connectivity index (χ0v) is 14.2. The minimum Gasteiger partial charge on any atom is -0.414 e. The van der Waals surface area contributed by atoms with Crippen LogP contribution in [0.15, 0.2) is 33.9 Å². The first-order chi connectivity index (χ1) is 9.60. The molecular weight excluding hydrogens is 306 g/mol. The Labute approximate surface area is 136 Å². The van der Waals surface area contributed by atoms with Crippen molar-refractivity contribution in [2.24, 2.45) is 11.7 Å². The number of halogens is 1. The Morgan fingerprint density at radius 1 is 1.24 bits per heavy atom. The number of nitrogens with two attached hydrogens (primary N) is 1. The number of thioether (sulfide) groups is 1. The highest BCUT2D eigenvalue weighted by Crippen LogP contribution is 2.26. The molecule has 1 heterocycles. The first kappa shape index (κ1) is 18.0. The highest BCUT2D eigenvalue weighted by atomic mass is 35.5. The lowest BCUT2D eigenvalue weighted by Crippen LogP contribution is -2.18. The molecule has 1 aromatic carbocycles. The maximum atomic E-state index is 6.08. The molecule has 1 aromatic heterocycles. The zero-order chi connectivity index (χ0) is 14.5. The van der Waals surface area contributed by atoms with Crippen LogP contribution in [-0.2, 0) is 5.75 Å². The number of benzene rings is 1. The SMILES string of the molecule is CCC(C)C(N)c1nnc(SCc2ccc(C)cc2)o1.Cl. The Morgan fingerprint density at radius 2 is 1.90 bits per heavy atom. The van der Waals surface area contributed by atoms with Crippen LogP contribution in [-0.4, -0.2) is 10.2 Å². The standard InChI is InChI=1S/C15H21N3OS.ClH/c1-4-11(3)13(16)14-17-18-15(19-14)20-9-12-7-5-10(2)6-8-12;/h5-8,11,13H,4,9,16H2,1-3H3;1H. The van der Waals surface area contributed by atoms with E-state index in [0.717, 1.165) is 12.2 Å². The summed E-state index contributed by atoms with van der Waals surface area (Å²) in [6, 6.07) is 8.26. The van der Waals surface area contributed by atoms with Crippen molar-refractivity contribution >= 4 is 24.2 Å². The van der Waals surface area contributed by atoms with Crippen LogP contribution in [0.25, 0.3) is 0 Å². The predicted molar refractivity (Wildman–Crippen MR) is 88.7 cm³/mol. The molecule has 0 aliphatic heterocycles. The van der Waals surface area contributed by atoms with Gasteiger partial charge in [-0.05, 0) is 18.4 Å². The minimum atomic E-state index is -0.179. The van der Waals surface area contributed by atoms with Crippen LogP contribution in [0.5, 0.6) is 0 Å². The minimum absolute atomic E-state index is 0. The molecule has 4 nitrogen and oxygen atoms in total. The van der Waals surface area contributed by atoms with E-state index in [4.69, 9.17) is 10.2 Å². The van der Waals surface area contributed by atoms with E-state index in [9.17, 15) is 0 Å². The molecule has 2 N–H and O–H groups in total. The first-order valence-corrected chi connectivity index (χ1v) is 7.86. The van der Waals surface area contributed by atoms with Crippen LogP contribution < -0.4 is 5.73 Å². The highest BCUT2D eigenvalue weighted by Gasteiger charge is 2.19. The molecule has 2 aromatic rings. The second-order valence-electron chi connectivity index (χ2n) is 5.09. The largest absolute Gasteiger partial charge is 0.414 e. The Bertz CT molecular complexity index is 544. The second kappa shape index (κ2) is 8.41. The van der Waals surface area contributed by atoms with Crippen LogP contribution in [0.2, 0.25) is 0 Å². The summed E-state index contributed by atoms with van der Waals surface area (Å²) >= 11 is 1.54. The average Bonchev–Trinajstić information content (AvgIpc) is 2.94. The summed E-state index contributed by atoms with van der Waals surface area (Å²) in [5, 5.41) is 8.68.